The van der Waals surface area contributed by atoms with Crippen molar-refractivity contribution in [2.24, 2.45) is 10.2 Å². The molecule has 0 amide bonds. The van der Waals surface area contributed by atoms with Crippen LogP contribution >= 0.6 is 0 Å². The summed E-state index contributed by atoms with van der Waals surface area (Å²) in [6.07, 6.45) is 2.72. The van der Waals surface area contributed by atoms with Crippen molar-refractivity contribution in [1.82, 2.24) is 0 Å². The SMILES string of the molecule is C=CCc1ccc(/N=N/c2ccc(O)cc2)cc1. The Kier molecular flexibility index (Phi) is 3.86. The molecule has 90 valence electrons. The lowest BCUT2D eigenvalue weighted by Gasteiger charge is -1.97. The molecule has 0 radical (unpaired) electrons. The first kappa shape index (κ1) is 12.0. The van der Waals surface area contributed by atoms with E-state index in [2.05, 4.69) is 16.8 Å². The van der Waals surface area contributed by atoms with Gasteiger partial charge in [-0.25, -0.2) is 0 Å². The Labute approximate surface area is 106 Å². The molecule has 0 unspecified atom stereocenters. The van der Waals surface area contributed by atoms with E-state index in [1.807, 2.05) is 30.3 Å². The molecule has 0 aliphatic rings. The number of benzene rings is 2. The van der Waals surface area contributed by atoms with E-state index < -0.39 is 0 Å². The van der Waals surface area contributed by atoms with Gasteiger partial charge in [0.05, 0.1) is 11.4 Å². The van der Waals surface area contributed by atoms with Gasteiger partial charge >= 0.3 is 0 Å². The maximum Gasteiger partial charge on any atom is 0.115 e. The maximum absolute atomic E-state index is 9.14. The Morgan fingerprint density at radius 3 is 1.89 bits per heavy atom. The number of hydrogen-bond acceptors (Lipinski definition) is 3. The van der Waals surface area contributed by atoms with Crippen molar-refractivity contribution < 1.29 is 5.11 Å². The Hall–Kier alpha value is -2.42. The van der Waals surface area contributed by atoms with Gasteiger partial charge in [-0.2, -0.15) is 10.2 Å². The summed E-state index contributed by atoms with van der Waals surface area (Å²) in [5.74, 6) is 0.225. The van der Waals surface area contributed by atoms with E-state index in [-0.39, 0.29) is 5.75 Å². The van der Waals surface area contributed by atoms with Crippen LogP contribution < -0.4 is 0 Å². The fourth-order valence-corrected chi connectivity index (χ4v) is 1.50. The number of azo groups is 1. The molecule has 0 bridgehead atoms. The van der Waals surface area contributed by atoms with Crippen LogP contribution in [0.15, 0.2) is 71.4 Å². The minimum absolute atomic E-state index is 0.225. The highest BCUT2D eigenvalue weighted by molar-refractivity contribution is 5.43. The minimum atomic E-state index is 0.225. The van der Waals surface area contributed by atoms with E-state index in [1.165, 1.54) is 5.56 Å². The molecular weight excluding hydrogens is 224 g/mol. The van der Waals surface area contributed by atoms with Crippen molar-refractivity contribution in [2.45, 2.75) is 6.42 Å². The van der Waals surface area contributed by atoms with Gasteiger partial charge in [0.25, 0.3) is 0 Å². The molecule has 0 saturated carbocycles. The summed E-state index contributed by atoms with van der Waals surface area (Å²) >= 11 is 0. The predicted octanol–water partition coefficient (Wildman–Crippen LogP) is 4.54. The van der Waals surface area contributed by atoms with Crippen LogP contribution in [0.3, 0.4) is 0 Å². The van der Waals surface area contributed by atoms with Crippen molar-refractivity contribution in [3.8, 4) is 5.75 Å². The summed E-state index contributed by atoms with van der Waals surface area (Å²) in [6, 6.07) is 14.4. The molecule has 0 fully saturated rings. The van der Waals surface area contributed by atoms with Crippen LogP contribution in [0.1, 0.15) is 5.56 Å². The predicted molar refractivity (Wildman–Crippen MR) is 72.6 cm³/mol. The topological polar surface area (TPSA) is 45.0 Å². The van der Waals surface area contributed by atoms with Crippen molar-refractivity contribution in [3.63, 3.8) is 0 Å². The number of rotatable bonds is 4. The first-order chi connectivity index (χ1) is 8.78. The largest absolute Gasteiger partial charge is 0.508 e. The third kappa shape index (κ3) is 3.28. The number of aromatic hydroxyl groups is 1. The number of allylic oxidation sites excluding steroid dienone is 1. The number of phenolic OH excluding ortho intramolecular Hbond substituents is 1. The van der Waals surface area contributed by atoms with Gasteiger partial charge in [-0.05, 0) is 48.4 Å². The highest BCUT2D eigenvalue weighted by atomic mass is 16.3. The van der Waals surface area contributed by atoms with Gasteiger partial charge in [-0.1, -0.05) is 18.2 Å². The molecule has 0 aliphatic carbocycles. The Morgan fingerprint density at radius 1 is 0.889 bits per heavy atom. The second-order valence-electron chi connectivity index (χ2n) is 3.88. The van der Waals surface area contributed by atoms with Crippen molar-refractivity contribution >= 4 is 11.4 Å². The van der Waals surface area contributed by atoms with Crippen LogP contribution in [0.5, 0.6) is 5.75 Å². The molecule has 0 aromatic heterocycles. The monoisotopic (exact) mass is 238 g/mol. The van der Waals surface area contributed by atoms with Crippen LogP contribution in [0.2, 0.25) is 0 Å². The first-order valence-electron chi connectivity index (χ1n) is 5.68. The molecule has 0 saturated heterocycles. The lowest BCUT2D eigenvalue weighted by Crippen LogP contribution is -1.77. The molecule has 0 heterocycles. The third-order valence-corrected chi connectivity index (χ3v) is 2.45. The van der Waals surface area contributed by atoms with Gasteiger partial charge < -0.3 is 5.11 Å². The summed E-state index contributed by atoms with van der Waals surface area (Å²) in [5, 5.41) is 17.4. The fourth-order valence-electron chi connectivity index (χ4n) is 1.50. The zero-order valence-corrected chi connectivity index (χ0v) is 9.95. The Bertz CT molecular complexity index is 542. The van der Waals surface area contributed by atoms with Gasteiger partial charge in [0, 0.05) is 0 Å². The molecule has 2 rings (SSSR count). The quantitative estimate of drug-likeness (QED) is 0.617. The third-order valence-electron chi connectivity index (χ3n) is 2.45. The maximum atomic E-state index is 9.14. The average molecular weight is 238 g/mol. The lowest BCUT2D eigenvalue weighted by atomic mass is 10.1. The van der Waals surface area contributed by atoms with E-state index in [4.69, 9.17) is 5.11 Å². The van der Waals surface area contributed by atoms with Crippen LogP contribution in [0.25, 0.3) is 0 Å². The summed E-state index contributed by atoms with van der Waals surface area (Å²) in [6.45, 7) is 3.70. The molecule has 18 heavy (non-hydrogen) atoms. The Balaban J connectivity index is 2.08. The molecule has 3 heteroatoms. The lowest BCUT2D eigenvalue weighted by molar-refractivity contribution is 0.475. The zero-order chi connectivity index (χ0) is 12.8. The summed E-state index contributed by atoms with van der Waals surface area (Å²) in [4.78, 5) is 0. The molecule has 2 aromatic rings. The number of hydrogen-bond donors (Lipinski definition) is 1. The number of nitrogens with zero attached hydrogens (tertiary/aromatic N) is 2. The second kappa shape index (κ2) is 5.77. The van der Waals surface area contributed by atoms with Gasteiger partial charge in [0.2, 0.25) is 0 Å². The molecule has 0 spiro atoms. The molecule has 0 aliphatic heterocycles. The van der Waals surface area contributed by atoms with E-state index >= 15 is 0 Å². The van der Waals surface area contributed by atoms with Crippen LogP contribution in [0, 0.1) is 0 Å². The average Bonchev–Trinajstić information content (AvgIpc) is 2.40. The van der Waals surface area contributed by atoms with Crippen LogP contribution in [0.4, 0.5) is 11.4 Å². The molecule has 3 nitrogen and oxygen atoms in total. The van der Waals surface area contributed by atoms with E-state index in [1.54, 1.807) is 24.3 Å². The van der Waals surface area contributed by atoms with Gasteiger partial charge in [0.1, 0.15) is 5.75 Å². The van der Waals surface area contributed by atoms with Crippen molar-refractivity contribution in [1.29, 1.82) is 0 Å². The number of phenols is 1. The van der Waals surface area contributed by atoms with Gasteiger partial charge in [-0.15, -0.1) is 6.58 Å². The van der Waals surface area contributed by atoms with E-state index in [0.717, 1.165) is 12.1 Å². The van der Waals surface area contributed by atoms with Crippen LogP contribution in [-0.2, 0) is 6.42 Å². The van der Waals surface area contributed by atoms with E-state index in [9.17, 15) is 0 Å². The summed E-state index contributed by atoms with van der Waals surface area (Å²) in [5.41, 5.74) is 2.72. The molecule has 0 atom stereocenters. The first-order valence-corrected chi connectivity index (χ1v) is 5.68. The van der Waals surface area contributed by atoms with Gasteiger partial charge in [-0.3, -0.25) is 0 Å². The summed E-state index contributed by atoms with van der Waals surface area (Å²) in [7, 11) is 0. The molecule has 2 aromatic carbocycles. The Morgan fingerprint density at radius 2 is 1.39 bits per heavy atom. The zero-order valence-electron chi connectivity index (χ0n) is 9.95. The molecular formula is C15H14N2O. The normalized spacial score (nSPS) is 10.7. The highest BCUT2D eigenvalue weighted by Gasteiger charge is 1.93. The fraction of sp³-hybridized carbons (Fsp3) is 0.0667. The standard InChI is InChI=1S/C15H14N2O/c1-2-3-12-4-6-13(7-5-12)16-17-14-8-10-15(18)11-9-14/h2,4-11,18H,1,3H2/b17-16+. The minimum Gasteiger partial charge on any atom is -0.508 e. The summed E-state index contributed by atoms with van der Waals surface area (Å²) < 4.78 is 0. The highest BCUT2D eigenvalue weighted by Crippen LogP contribution is 2.20. The molecule has 1 N–H and O–H groups in total. The van der Waals surface area contributed by atoms with Crippen LogP contribution in [-0.4, -0.2) is 5.11 Å². The second-order valence-corrected chi connectivity index (χ2v) is 3.88. The smallest absolute Gasteiger partial charge is 0.115 e. The van der Waals surface area contributed by atoms with Gasteiger partial charge in [0.15, 0.2) is 0 Å². The van der Waals surface area contributed by atoms with Crippen molar-refractivity contribution in [3.05, 3.63) is 66.7 Å². The van der Waals surface area contributed by atoms with E-state index in [0.29, 0.717) is 5.69 Å². The van der Waals surface area contributed by atoms with Crippen molar-refractivity contribution in [2.75, 3.05) is 0 Å².